The summed E-state index contributed by atoms with van der Waals surface area (Å²) in [6.07, 6.45) is 2.98. The Balaban J connectivity index is 1.55. The van der Waals surface area contributed by atoms with E-state index in [9.17, 15) is 4.79 Å². The summed E-state index contributed by atoms with van der Waals surface area (Å²) in [6, 6.07) is 15.3. The highest BCUT2D eigenvalue weighted by Gasteiger charge is 2.15. The minimum absolute atomic E-state index is 0.0786. The Labute approximate surface area is 141 Å². The van der Waals surface area contributed by atoms with Gasteiger partial charge in [0.2, 0.25) is 0 Å². The van der Waals surface area contributed by atoms with Crippen LogP contribution in [0.25, 0.3) is 0 Å². The van der Waals surface area contributed by atoms with Crippen molar-refractivity contribution in [3.05, 3.63) is 59.7 Å². The van der Waals surface area contributed by atoms with Gasteiger partial charge in [-0.2, -0.15) is 5.10 Å². The van der Waals surface area contributed by atoms with Gasteiger partial charge in [0.1, 0.15) is 11.5 Å². The van der Waals surface area contributed by atoms with E-state index in [-0.39, 0.29) is 12.5 Å². The zero-order valence-corrected chi connectivity index (χ0v) is 13.6. The maximum atomic E-state index is 11.9. The Morgan fingerprint density at radius 1 is 1.08 bits per heavy atom. The molecule has 5 heteroatoms. The Bertz CT molecular complexity index is 739. The minimum Gasteiger partial charge on any atom is -0.497 e. The number of aryl methyl sites for hydroxylation is 1. The van der Waals surface area contributed by atoms with Gasteiger partial charge in [-0.15, -0.1) is 0 Å². The lowest BCUT2D eigenvalue weighted by Crippen LogP contribution is -2.26. The second-order valence-corrected chi connectivity index (χ2v) is 5.57. The van der Waals surface area contributed by atoms with Crippen molar-refractivity contribution in [2.24, 2.45) is 5.10 Å². The molecule has 0 heterocycles. The van der Waals surface area contributed by atoms with Gasteiger partial charge in [0, 0.05) is 5.56 Å². The molecular formula is C19H20N2O3. The summed E-state index contributed by atoms with van der Waals surface area (Å²) in [5, 5.41) is 4.28. The van der Waals surface area contributed by atoms with Gasteiger partial charge in [-0.25, -0.2) is 5.43 Å². The van der Waals surface area contributed by atoms with Crippen molar-refractivity contribution in [3.63, 3.8) is 0 Å². The van der Waals surface area contributed by atoms with Gasteiger partial charge in [0.25, 0.3) is 5.91 Å². The normalized spacial score (nSPS) is 14.8. The highest BCUT2D eigenvalue weighted by atomic mass is 16.5. The van der Waals surface area contributed by atoms with Gasteiger partial charge in [-0.1, -0.05) is 24.3 Å². The molecule has 2 aromatic carbocycles. The number of hydrogen-bond donors (Lipinski definition) is 1. The number of methoxy groups -OCH3 is 1. The SMILES string of the molecule is COc1ccc(OCC(=O)N/N=C2/CCCc3ccccc32)cc1. The molecule has 0 unspecified atom stereocenters. The van der Waals surface area contributed by atoms with E-state index in [1.165, 1.54) is 5.56 Å². The topological polar surface area (TPSA) is 59.9 Å². The molecule has 1 N–H and O–H groups in total. The molecule has 0 saturated heterocycles. The Morgan fingerprint density at radius 3 is 2.62 bits per heavy atom. The maximum absolute atomic E-state index is 11.9. The number of benzene rings is 2. The van der Waals surface area contributed by atoms with Crippen molar-refractivity contribution >= 4 is 11.6 Å². The molecule has 24 heavy (non-hydrogen) atoms. The van der Waals surface area contributed by atoms with Gasteiger partial charge < -0.3 is 9.47 Å². The van der Waals surface area contributed by atoms with Crippen molar-refractivity contribution in [1.82, 2.24) is 5.43 Å². The second kappa shape index (κ2) is 7.64. The Kier molecular flexibility index (Phi) is 5.11. The van der Waals surface area contributed by atoms with E-state index in [2.05, 4.69) is 16.6 Å². The number of nitrogens with one attached hydrogen (secondary N) is 1. The van der Waals surface area contributed by atoms with Crippen molar-refractivity contribution in [3.8, 4) is 11.5 Å². The van der Waals surface area contributed by atoms with E-state index < -0.39 is 0 Å². The summed E-state index contributed by atoms with van der Waals surface area (Å²) in [6.45, 7) is -0.0786. The number of hydrazone groups is 1. The molecular weight excluding hydrogens is 304 g/mol. The number of fused-ring (bicyclic) bond motifs is 1. The van der Waals surface area contributed by atoms with Crippen LogP contribution in [0.15, 0.2) is 53.6 Å². The number of amides is 1. The van der Waals surface area contributed by atoms with Crippen LogP contribution in [0, 0.1) is 0 Å². The number of rotatable bonds is 5. The predicted molar refractivity (Wildman–Crippen MR) is 92.5 cm³/mol. The van der Waals surface area contributed by atoms with E-state index in [4.69, 9.17) is 9.47 Å². The first-order valence-corrected chi connectivity index (χ1v) is 7.97. The van der Waals surface area contributed by atoms with Gasteiger partial charge in [0.15, 0.2) is 6.61 Å². The Morgan fingerprint density at radius 2 is 1.83 bits per heavy atom. The molecule has 0 aliphatic heterocycles. The molecule has 0 spiro atoms. The molecule has 1 aliphatic carbocycles. The number of nitrogens with zero attached hydrogens (tertiary/aromatic N) is 1. The molecule has 0 fully saturated rings. The average Bonchev–Trinajstić information content (AvgIpc) is 2.65. The van der Waals surface area contributed by atoms with Crippen LogP contribution in [-0.2, 0) is 11.2 Å². The fourth-order valence-electron chi connectivity index (χ4n) is 2.70. The summed E-state index contributed by atoms with van der Waals surface area (Å²) < 4.78 is 10.5. The third kappa shape index (κ3) is 3.93. The third-order valence-electron chi connectivity index (χ3n) is 3.93. The van der Waals surface area contributed by atoms with Gasteiger partial charge in [0.05, 0.1) is 12.8 Å². The van der Waals surface area contributed by atoms with E-state index >= 15 is 0 Å². The lowest BCUT2D eigenvalue weighted by Gasteiger charge is -2.17. The first-order chi connectivity index (χ1) is 11.8. The lowest BCUT2D eigenvalue weighted by molar-refractivity contribution is -0.123. The smallest absolute Gasteiger partial charge is 0.277 e. The summed E-state index contributed by atoms with van der Waals surface area (Å²) in [5.74, 6) is 1.08. The van der Waals surface area contributed by atoms with Crippen LogP contribution < -0.4 is 14.9 Å². The van der Waals surface area contributed by atoms with Crippen LogP contribution in [0.1, 0.15) is 24.0 Å². The highest BCUT2D eigenvalue weighted by molar-refractivity contribution is 6.03. The van der Waals surface area contributed by atoms with Crippen LogP contribution in [0.2, 0.25) is 0 Å². The molecule has 1 aliphatic rings. The van der Waals surface area contributed by atoms with Crippen LogP contribution in [0.4, 0.5) is 0 Å². The van der Waals surface area contributed by atoms with Crippen molar-refractivity contribution in [2.45, 2.75) is 19.3 Å². The summed E-state index contributed by atoms with van der Waals surface area (Å²) in [7, 11) is 1.60. The number of carbonyl (C=O) groups excluding carboxylic acids is 1. The van der Waals surface area contributed by atoms with E-state index in [0.717, 1.165) is 36.3 Å². The summed E-state index contributed by atoms with van der Waals surface area (Å²) in [4.78, 5) is 11.9. The van der Waals surface area contributed by atoms with Gasteiger partial charge >= 0.3 is 0 Å². The van der Waals surface area contributed by atoms with Crippen LogP contribution >= 0.6 is 0 Å². The molecule has 1 amide bonds. The fraction of sp³-hybridized carbons (Fsp3) is 0.263. The van der Waals surface area contributed by atoms with Gasteiger partial charge in [-0.05, 0) is 49.1 Å². The van der Waals surface area contributed by atoms with Crippen LogP contribution in [-0.4, -0.2) is 25.3 Å². The van der Waals surface area contributed by atoms with Crippen LogP contribution in [0.5, 0.6) is 11.5 Å². The third-order valence-corrected chi connectivity index (χ3v) is 3.93. The molecule has 0 atom stereocenters. The van der Waals surface area contributed by atoms with Gasteiger partial charge in [-0.3, -0.25) is 4.79 Å². The lowest BCUT2D eigenvalue weighted by atomic mass is 9.90. The first-order valence-electron chi connectivity index (χ1n) is 7.97. The zero-order chi connectivity index (χ0) is 16.8. The van der Waals surface area contributed by atoms with E-state index in [1.807, 2.05) is 18.2 Å². The largest absolute Gasteiger partial charge is 0.497 e. The minimum atomic E-state index is -0.277. The standard InChI is InChI=1S/C19H20N2O3/c1-23-15-9-11-16(12-10-15)24-13-19(22)21-20-18-8-4-6-14-5-2-3-7-17(14)18/h2-3,5,7,9-12H,4,6,8,13H2,1H3,(H,21,22)/b20-18-. The fourth-order valence-corrected chi connectivity index (χ4v) is 2.70. The second-order valence-electron chi connectivity index (χ2n) is 5.57. The van der Waals surface area contributed by atoms with E-state index in [0.29, 0.717) is 5.75 Å². The van der Waals surface area contributed by atoms with Crippen LogP contribution in [0.3, 0.4) is 0 Å². The molecule has 124 valence electrons. The van der Waals surface area contributed by atoms with Crippen molar-refractivity contribution in [1.29, 1.82) is 0 Å². The maximum Gasteiger partial charge on any atom is 0.277 e. The quantitative estimate of drug-likeness (QED) is 0.860. The number of carbonyl (C=O) groups is 1. The Hall–Kier alpha value is -2.82. The molecule has 0 saturated carbocycles. The number of hydrogen-bond acceptors (Lipinski definition) is 4. The van der Waals surface area contributed by atoms with Crippen molar-refractivity contribution < 1.29 is 14.3 Å². The predicted octanol–water partition coefficient (Wildman–Crippen LogP) is 2.93. The monoisotopic (exact) mass is 324 g/mol. The average molecular weight is 324 g/mol. The molecule has 3 rings (SSSR count). The molecule has 5 nitrogen and oxygen atoms in total. The molecule has 0 radical (unpaired) electrons. The zero-order valence-electron chi connectivity index (χ0n) is 13.6. The van der Waals surface area contributed by atoms with E-state index in [1.54, 1.807) is 31.4 Å². The molecule has 0 bridgehead atoms. The number of ether oxygens (including phenoxy) is 2. The summed E-state index contributed by atoms with van der Waals surface area (Å²) >= 11 is 0. The highest BCUT2D eigenvalue weighted by Crippen LogP contribution is 2.21. The molecule has 0 aromatic heterocycles. The van der Waals surface area contributed by atoms with Crippen molar-refractivity contribution in [2.75, 3.05) is 13.7 Å². The molecule has 2 aromatic rings. The summed E-state index contributed by atoms with van der Waals surface area (Å²) in [5.41, 5.74) is 5.92. The first kappa shape index (κ1) is 16.1.